The maximum absolute atomic E-state index is 9.05. The molecule has 0 radical (unpaired) electrons. The van der Waals surface area contributed by atoms with Gasteiger partial charge >= 0.3 is 12.0 Å². The zero-order valence-electron chi connectivity index (χ0n) is 9.96. The maximum atomic E-state index is 9.05. The summed E-state index contributed by atoms with van der Waals surface area (Å²) in [5, 5.41) is 9.05. The first-order chi connectivity index (χ1) is 8.28. The van der Waals surface area contributed by atoms with Gasteiger partial charge in [0.15, 0.2) is 0 Å². The lowest BCUT2D eigenvalue weighted by atomic mass is 10.5. The molecule has 0 saturated heterocycles. The van der Waals surface area contributed by atoms with Gasteiger partial charge in [0.2, 0.25) is 5.95 Å². The Hall–Kier alpha value is -1.63. The molecule has 7 nitrogen and oxygen atoms in total. The standard InChI is InChI=1S/C10H16N4O3/c1-16-9-11-8(12-10(13-9)17-2)14(5-6-15)7-3-4-7/h7,15H,3-6H2,1-2H3. The van der Waals surface area contributed by atoms with Crippen LogP contribution < -0.4 is 14.4 Å². The van der Waals surface area contributed by atoms with Gasteiger partial charge in [0.25, 0.3) is 0 Å². The highest BCUT2D eigenvalue weighted by Gasteiger charge is 2.31. The molecule has 94 valence electrons. The van der Waals surface area contributed by atoms with Gasteiger partial charge in [-0.05, 0) is 12.8 Å². The SMILES string of the molecule is COc1nc(OC)nc(N(CCO)C2CC2)n1. The molecule has 2 rings (SSSR count). The molecule has 0 aromatic carbocycles. The molecule has 17 heavy (non-hydrogen) atoms. The lowest BCUT2D eigenvalue weighted by Crippen LogP contribution is -2.30. The van der Waals surface area contributed by atoms with Crippen molar-refractivity contribution in [2.24, 2.45) is 0 Å². The summed E-state index contributed by atoms with van der Waals surface area (Å²) in [6, 6.07) is 0.838. The fourth-order valence-electron chi connectivity index (χ4n) is 1.58. The fourth-order valence-corrected chi connectivity index (χ4v) is 1.58. The number of aliphatic hydroxyl groups is 1. The van der Waals surface area contributed by atoms with Crippen molar-refractivity contribution in [2.45, 2.75) is 18.9 Å². The third-order valence-electron chi connectivity index (χ3n) is 2.53. The van der Waals surface area contributed by atoms with Crippen molar-refractivity contribution in [3.8, 4) is 12.0 Å². The zero-order valence-corrected chi connectivity index (χ0v) is 9.96. The summed E-state index contributed by atoms with van der Waals surface area (Å²) in [7, 11) is 2.98. The minimum atomic E-state index is 0.0623. The molecule has 0 atom stereocenters. The first kappa shape index (κ1) is 11.8. The summed E-state index contributed by atoms with van der Waals surface area (Å²) in [6.07, 6.45) is 2.19. The topological polar surface area (TPSA) is 80.6 Å². The molecule has 1 aliphatic carbocycles. The van der Waals surface area contributed by atoms with Crippen LogP contribution in [0.5, 0.6) is 12.0 Å². The van der Waals surface area contributed by atoms with E-state index in [9.17, 15) is 0 Å². The van der Waals surface area contributed by atoms with Gasteiger partial charge in [-0.1, -0.05) is 0 Å². The lowest BCUT2D eigenvalue weighted by Gasteiger charge is -2.21. The van der Waals surface area contributed by atoms with E-state index in [1.807, 2.05) is 4.90 Å². The quantitative estimate of drug-likeness (QED) is 0.740. The molecule has 1 aromatic rings. The van der Waals surface area contributed by atoms with Gasteiger partial charge in [-0.25, -0.2) is 0 Å². The summed E-state index contributed by atoms with van der Waals surface area (Å²) in [6.45, 7) is 0.563. The molecular formula is C10H16N4O3. The molecule has 7 heteroatoms. The summed E-state index contributed by atoms with van der Waals surface area (Å²) < 4.78 is 9.99. The van der Waals surface area contributed by atoms with Crippen molar-refractivity contribution in [3.05, 3.63) is 0 Å². The average Bonchev–Trinajstić information content (AvgIpc) is 3.19. The Morgan fingerprint density at radius 2 is 1.76 bits per heavy atom. The molecule has 1 fully saturated rings. The second-order valence-electron chi connectivity index (χ2n) is 3.76. The van der Waals surface area contributed by atoms with E-state index in [0.29, 0.717) is 18.5 Å². The third kappa shape index (κ3) is 2.73. The highest BCUT2D eigenvalue weighted by Crippen LogP contribution is 2.30. The highest BCUT2D eigenvalue weighted by molar-refractivity contribution is 5.35. The van der Waals surface area contributed by atoms with Crippen LogP contribution in [0.25, 0.3) is 0 Å². The Kier molecular flexibility index (Phi) is 3.58. The van der Waals surface area contributed by atoms with E-state index in [1.165, 1.54) is 14.2 Å². The molecular weight excluding hydrogens is 224 g/mol. The Bertz CT molecular complexity index is 362. The van der Waals surface area contributed by atoms with E-state index in [-0.39, 0.29) is 18.6 Å². The van der Waals surface area contributed by atoms with E-state index in [1.54, 1.807) is 0 Å². The highest BCUT2D eigenvalue weighted by atomic mass is 16.5. The van der Waals surface area contributed by atoms with Crippen LogP contribution in [-0.4, -0.2) is 53.5 Å². The van der Waals surface area contributed by atoms with Gasteiger partial charge in [0.1, 0.15) is 0 Å². The number of anilines is 1. The normalized spacial score (nSPS) is 14.5. The lowest BCUT2D eigenvalue weighted by molar-refractivity contribution is 0.299. The van der Waals surface area contributed by atoms with Crippen LogP contribution >= 0.6 is 0 Å². The first-order valence-corrected chi connectivity index (χ1v) is 5.50. The van der Waals surface area contributed by atoms with Crippen molar-refractivity contribution < 1.29 is 14.6 Å². The van der Waals surface area contributed by atoms with Gasteiger partial charge in [-0.2, -0.15) is 9.97 Å². The monoisotopic (exact) mass is 240 g/mol. The number of hydrogen-bond acceptors (Lipinski definition) is 7. The van der Waals surface area contributed by atoms with Crippen molar-refractivity contribution >= 4 is 5.95 Å². The molecule has 0 spiro atoms. The number of aliphatic hydroxyl groups excluding tert-OH is 1. The van der Waals surface area contributed by atoms with E-state index in [0.717, 1.165) is 12.8 Å². The predicted octanol–water partition coefficient (Wildman–Crippen LogP) is -0.150. The van der Waals surface area contributed by atoms with Crippen molar-refractivity contribution in [1.82, 2.24) is 15.0 Å². The smallest absolute Gasteiger partial charge is 0.324 e. The fraction of sp³-hybridized carbons (Fsp3) is 0.700. The van der Waals surface area contributed by atoms with Gasteiger partial charge in [-0.3, -0.25) is 0 Å². The Balaban J connectivity index is 2.27. The summed E-state index contributed by atoms with van der Waals surface area (Å²) in [5.74, 6) is 0.491. The molecule has 1 N–H and O–H groups in total. The minimum Gasteiger partial charge on any atom is -0.467 e. The number of hydrogen-bond donors (Lipinski definition) is 1. The molecule has 1 saturated carbocycles. The maximum Gasteiger partial charge on any atom is 0.324 e. The largest absolute Gasteiger partial charge is 0.467 e. The zero-order chi connectivity index (χ0) is 12.3. The summed E-state index contributed by atoms with van der Waals surface area (Å²) >= 11 is 0. The molecule has 0 unspecified atom stereocenters. The van der Waals surface area contributed by atoms with Crippen LogP contribution in [-0.2, 0) is 0 Å². The molecule has 0 amide bonds. The number of rotatable bonds is 6. The predicted molar refractivity (Wildman–Crippen MR) is 60.4 cm³/mol. The van der Waals surface area contributed by atoms with E-state index < -0.39 is 0 Å². The van der Waals surface area contributed by atoms with Gasteiger partial charge < -0.3 is 19.5 Å². The van der Waals surface area contributed by atoms with E-state index in [4.69, 9.17) is 14.6 Å². The van der Waals surface area contributed by atoms with Crippen molar-refractivity contribution in [3.63, 3.8) is 0 Å². The first-order valence-electron chi connectivity index (χ1n) is 5.50. The Morgan fingerprint density at radius 1 is 1.18 bits per heavy atom. The van der Waals surface area contributed by atoms with Crippen LogP contribution in [0.3, 0.4) is 0 Å². The van der Waals surface area contributed by atoms with Crippen molar-refractivity contribution in [2.75, 3.05) is 32.3 Å². The van der Waals surface area contributed by atoms with Gasteiger partial charge in [-0.15, -0.1) is 4.98 Å². The molecule has 1 aromatic heterocycles. The Morgan fingerprint density at radius 3 is 2.18 bits per heavy atom. The van der Waals surface area contributed by atoms with Gasteiger partial charge in [0, 0.05) is 12.6 Å². The van der Waals surface area contributed by atoms with Crippen LogP contribution in [0.4, 0.5) is 5.95 Å². The number of ether oxygens (including phenoxy) is 2. The minimum absolute atomic E-state index is 0.0623. The average molecular weight is 240 g/mol. The van der Waals surface area contributed by atoms with Crippen LogP contribution in [0.1, 0.15) is 12.8 Å². The van der Waals surface area contributed by atoms with Crippen LogP contribution in [0.15, 0.2) is 0 Å². The van der Waals surface area contributed by atoms with E-state index >= 15 is 0 Å². The molecule has 1 aliphatic rings. The van der Waals surface area contributed by atoms with E-state index in [2.05, 4.69) is 15.0 Å². The second-order valence-corrected chi connectivity index (χ2v) is 3.76. The van der Waals surface area contributed by atoms with Crippen LogP contribution in [0, 0.1) is 0 Å². The molecule has 0 bridgehead atoms. The number of aromatic nitrogens is 3. The Labute approximate surface area is 99.4 Å². The van der Waals surface area contributed by atoms with Crippen molar-refractivity contribution in [1.29, 1.82) is 0 Å². The summed E-state index contributed by atoms with van der Waals surface area (Å²) in [4.78, 5) is 14.2. The number of nitrogens with zero attached hydrogens (tertiary/aromatic N) is 4. The third-order valence-corrected chi connectivity index (χ3v) is 2.53. The van der Waals surface area contributed by atoms with Gasteiger partial charge in [0.05, 0.1) is 20.8 Å². The number of methoxy groups -OCH3 is 2. The molecule has 1 heterocycles. The summed E-state index contributed by atoms with van der Waals surface area (Å²) in [5.41, 5.74) is 0. The van der Waals surface area contributed by atoms with Crippen LogP contribution in [0.2, 0.25) is 0 Å². The molecule has 0 aliphatic heterocycles. The second kappa shape index (κ2) is 5.13.